The Balaban J connectivity index is 2.68. The molecule has 0 saturated carbocycles. The van der Waals surface area contributed by atoms with Crippen molar-refractivity contribution in [1.29, 1.82) is 0 Å². The highest BCUT2D eigenvalue weighted by Crippen LogP contribution is 2.12. The third kappa shape index (κ3) is 5.13. The largest absolute Gasteiger partial charge is 0.460 e. The molecule has 0 aliphatic carbocycles. The van der Waals surface area contributed by atoms with E-state index in [-0.39, 0.29) is 0 Å². The summed E-state index contributed by atoms with van der Waals surface area (Å²) in [5, 5.41) is 0. The first-order valence-corrected chi connectivity index (χ1v) is 7.00. The second-order valence-electron chi connectivity index (χ2n) is 5.07. The highest BCUT2D eigenvalue weighted by molar-refractivity contribution is 6.41. The molecule has 1 aromatic rings. The van der Waals surface area contributed by atoms with Crippen LogP contribution in [0.2, 0.25) is 0 Å². The Morgan fingerprint density at radius 1 is 1.15 bits per heavy atom. The summed E-state index contributed by atoms with van der Waals surface area (Å²) in [5.74, 6) is -1.31. The molecule has 1 aromatic carbocycles. The van der Waals surface area contributed by atoms with Crippen LogP contribution in [0.3, 0.4) is 0 Å². The van der Waals surface area contributed by atoms with E-state index in [9.17, 15) is 9.59 Å². The van der Waals surface area contributed by atoms with E-state index in [4.69, 9.17) is 4.74 Å². The van der Waals surface area contributed by atoms with Gasteiger partial charge in [-0.25, -0.2) is 4.79 Å². The van der Waals surface area contributed by atoms with E-state index in [0.29, 0.717) is 18.7 Å². The number of ketones is 1. The highest BCUT2D eigenvalue weighted by Gasteiger charge is 2.20. The molecule has 0 heterocycles. The molecular formula is C16H23NO3. The van der Waals surface area contributed by atoms with Crippen molar-refractivity contribution in [3.8, 4) is 0 Å². The summed E-state index contributed by atoms with van der Waals surface area (Å²) < 4.78 is 5.02. The monoisotopic (exact) mass is 277 g/mol. The van der Waals surface area contributed by atoms with Crippen LogP contribution in [-0.2, 0) is 16.1 Å². The van der Waals surface area contributed by atoms with Crippen molar-refractivity contribution in [3.05, 3.63) is 35.4 Å². The summed E-state index contributed by atoms with van der Waals surface area (Å²) >= 11 is 0. The normalized spacial score (nSPS) is 10.6. The molecule has 0 N–H and O–H groups in total. The van der Waals surface area contributed by atoms with Crippen LogP contribution in [0.25, 0.3) is 0 Å². The number of Topliss-reactive ketones (excluding diaryl/α,β-unsaturated/α-hetero) is 1. The van der Waals surface area contributed by atoms with Crippen molar-refractivity contribution in [3.63, 3.8) is 0 Å². The van der Waals surface area contributed by atoms with Gasteiger partial charge in [0.25, 0.3) is 5.78 Å². The van der Waals surface area contributed by atoms with Gasteiger partial charge in [0.1, 0.15) is 0 Å². The summed E-state index contributed by atoms with van der Waals surface area (Å²) in [6.07, 6.45) is 2.85. The molecule has 20 heavy (non-hydrogen) atoms. The van der Waals surface area contributed by atoms with Crippen molar-refractivity contribution in [2.24, 2.45) is 0 Å². The summed E-state index contributed by atoms with van der Waals surface area (Å²) in [4.78, 5) is 25.8. The second kappa shape index (κ2) is 8.48. The van der Waals surface area contributed by atoms with Crippen molar-refractivity contribution < 1.29 is 14.3 Å². The second-order valence-corrected chi connectivity index (χ2v) is 5.07. The molecule has 4 heteroatoms. The fourth-order valence-electron chi connectivity index (χ4n) is 1.91. The smallest absolute Gasteiger partial charge is 0.379 e. The fourth-order valence-corrected chi connectivity index (χ4v) is 1.91. The number of carbonyl (C=O) groups is 2. The maximum Gasteiger partial charge on any atom is 0.379 e. The predicted octanol–water partition coefficient (Wildman–Crippen LogP) is 2.66. The van der Waals surface area contributed by atoms with E-state index in [1.165, 1.54) is 0 Å². The lowest BCUT2D eigenvalue weighted by Gasteiger charge is -2.13. The van der Waals surface area contributed by atoms with Gasteiger partial charge in [-0.05, 0) is 26.1 Å². The number of hydrogen-bond acceptors (Lipinski definition) is 4. The minimum Gasteiger partial charge on any atom is -0.460 e. The highest BCUT2D eigenvalue weighted by atomic mass is 16.5. The summed E-state index contributed by atoms with van der Waals surface area (Å²) in [5.41, 5.74) is 1.27. The standard InChI is InChI=1S/C16H23NO3/c1-4-5-8-11-20-16(19)15(18)14-10-7-6-9-13(14)12-17(2)3/h6-7,9-10H,4-5,8,11-12H2,1-3H3. The van der Waals surface area contributed by atoms with Crippen LogP contribution in [0.5, 0.6) is 0 Å². The van der Waals surface area contributed by atoms with Gasteiger partial charge in [-0.15, -0.1) is 0 Å². The first-order chi connectivity index (χ1) is 9.56. The number of nitrogens with zero attached hydrogens (tertiary/aromatic N) is 1. The van der Waals surface area contributed by atoms with E-state index in [0.717, 1.165) is 24.8 Å². The Kier molecular flexibility index (Phi) is 6.94. The van der Waals surface area contributed by atoms with Crippen LogP contribution in [0.1, 0.15) is 42.1 Å². The molecule has 0 aliphatic heterocycles. The van der Waals surface area contributed by atoms with Crippen LogP contribution >= 0.6 is 0 Å². The van der Waals surface area contributed by atoms with Gasteiger partial charge < -0.3 is 9.64 Å². The van der Waals surface area contributed by atoms with Crippen molar-refractivity contribution in [2.75, 3.05) is 20.7 Å². The molecule has 0 amide bonds. The lowest BCUT2D eigenvalue weighted by Crippen LogP contribution is -2.21. The fraction of sp³-hybridized carbons (Fsp3) is 0.500. The number of hydrogen-bond donors (Lipinski definition) is 0. The summed E-state index contributed by atoms with van der Waals surface area (Å²) in [6, 6.07) is 7.16. The molecule has 0 spiro atoms. The van der Waals surface area contributed by atoms with Crippen LogP contribution in [0.4, 0.5) is 0 Å². The number of unbranched alkanes of at least 4 members (excludes halogenated alkanes) is 2. The van der Waals surface area contributed by atoms with E-state index in [2.05, 4.69) is 6.92 Å². The van der Waals surface area contributed by atoms with Crippen molar-refractivity contribution >= 4 is 11.8 Å². The minimum atomic E-state index is -0.757. The topological polar surface area (TPSA) is 46.6 Å². The van der Waals surface area contributed by atoms with Gasteiger partial charge in [-0.1, -0.05) is 44.0 Å². The Morgan fingerprint density at radius 2 is 1.85 bits per heavy atom. The average Bonchev–Trinajstić information content (AvgIpc) is 2.42. The zero-order valence-electron chi connectivity index (χ0n) is 12.5. The molecule has 0 saturated heterocycles. The first-order valence-electron chi connectivity index (χ1n) is 7.00. The van der Waals surface area contributed by atoms with Gasteiger partial charge in [0.05, 0.1) is 6.61 Å². The SMILES string of the molecule is CCCCCOC(=O)C(=O)c1ccccc1CN(C)C. The number of ether oxygens (including phenoxy) is 1. The van der Waals surface area contributed by atoms with Crippen LogP contribution < -0.4 is 0 Å². The Hall–Kier alpha value is -1.68. The van der Waals surface area contributed by atoms with Gasteiger partial charge in [0.2, 0.25) is 0 Å². The van der Waals surface area contributed by atoms with Gasteiger partial charge >= 0.3 is 5.97 Å². The minimum absolute atomic E-state index is 0.314. The molecule has 0 bridgehead atoms. The number of rotatable bonds is 8. The van der Waals surface area contributed by atoms with Gasteiger partial charge in [-0.2, -0.15) is 0 Å². The summed E-state index contributed by atoms with van der Waals surface area (Å²) in [6.45, 7) is 3.00. The lowest BCUT2D eigenvalue weighted by molar-refractivity contribution is -0.138. The average molecular weight is 277 g/mol. The molecular weight excluding hydrogens is 254 g/mol. The molecule has 0 radical (unpaired) electrons. The Bertz CT molecular complexity index is 455. The summed E-state index contributed by atoms with van der Waals surface area (Å²) in [7, 11) is 3.84. The van der Waals surface area contributed by atoms with Gasteiger partial charge in [0.15, 0.2) is 0 Å². The molecule has 0 unspecified atom stereocenters. The molecule has 110 valence electrons. The maximum absolute atomic E-state index is 12.1. The Morgan fingerprint density at radius 3 is 2.50 bits per heavy atom. The molecule has 0 aliphatic rings. The number of carbonyl (C=O) groups excluding carboxylic acids is 2. The van der Waals surface area contributed by atoms with Crippen molar-refractivity contribution in [2.45, 2.75) is 32.7 Å². The zero-order valence-corrected chi connectivity index (χ0v) is 12.5. The van der Waals surface area contributed by atoms with E-state index in [1.54, 1.807) is 12.1 Å². The van der Waals surface area contributed by atoms with E-state index in [1.807, 2.05) is 31.1 Å². The lowest BCUT2D eigenvalue weighted by atomic mass is 10.0. The first kappa shape index (κ1) is 16.4. The molecule has 0 aromatic heterocycles. The van der Waals surface area contributed by atoms with Crippen molar-refractivity contribution in [1.82, 2.24) is 4.90 Å². The van der Waals surface area contributed by atoms with Gasteiger partial charge in [0, 0.05) is 12.1 Å². The zero-order chi connectivity index (χ0) is 15.0. The predicted molar refractivity (Wildman–Crippen MR) is 78.6 cm³/mol. The van der Waals surface area contributed by atoms with E-state index < -0.39 is 11.8 Å². The quantitative estimate of drug-likeness (QED) is 0.317. The number of benzene rings is 1. The van der Waals surface area contributed by atoms with Gasteiger partial charge in [-0.3, -0.25) is 4.79 Å². The molecule has 0 fully saturated rings. The molecule has 0 atom stereocenters. The van der Waals surface area contributed by atoms with E-state index >= 15 is 0 Å². The third-order valence-electron chi connectivity index (χ3n) is 2.92. The maximum atomic E-state index is 12.1. The Labute approximate surface area is 120 Å². The third-order valence-corrected chi connectivity index (χ3v) is 2.92. The molecule has 1 rings (SSSR count). The van der Waals surface area contributed by atoms with Crippen LogP contribution in [0, 0.1) is 0 Å². The molecule has 4 nitrogen and oxygen atoms in total. The van der Waals surface area contributed by atoms with Crippen LogP contribution in [-0.4, -0.2) is 37.4 Å². The van der Waals surface area contributed by atoms with Crippen LogP contribution in [0.15, 0.2) is 24.3 Å². The number of esters is 1.